The average Bonchev–Trinajstić information content (AvgIpc) is 2.38. The van der Waals surface area contributed by atoms with Crippen molar-refractivity contribution >= 4 is 22.7 Å². The summed E-state index contributed by atoms with van der Waals surface area (Å²) in [5.74, 6) is -1.41. The number of esters is 1. The Labute approximate surface area is 99.9 Å². The van der Waals surface area contributed by atoms with E-state index in [0.29, 0.717) is 0 Å². The van der Waals surface area contributed by atoms with Crippen LogP contribution in [0.2, 0.25) is 0 Å². The zero-order valence-corrected chi connectivity index (χ0v) is 9.16. The van der Waals surface area contributed by atoms with Crippen LogP contribution < -0.4 is 0 Å². The van der Waals surface area contributed by atoms with Crippen molar-refractivity contribution in [3.63, 3.8) is 0 Å². The largest absolute Gasteiger partial charge is 0.465 e. The minimum atomic E-state index is -0.715. The van der Waals surface area contributed by atoms with E-state index >= 15 is 0 Å². The number of pyridine rings is 2. The minimum absolute atomic E-state index is 0.00351. The SMILES string of the molecule is COC(=O)c1cnc2nc(F)ccc2c1N=[N+]=[N-]. The van der Waals surface area contributed by atoms with Gasteiger partial charge in [0.15, 0.2) is 5.65 Å². The zero-order chi connectivity index (χ0) is 13.1. The highest BCUT2D eigenvalue weighted by molar-refractivity contribution is 6.02. The van der Waals surface area contributed by atoms with Gasteiger partial charge in [-0.2, -0.15) is 9.37 Å². The standard InChI is InChI=1S/C10H6FN5O2/c1-18-10(17)6-4-13-9-5(8(6)15-16-12)2-3-7(11)14-9/h2-4H,1H3. The lowest BCUT2D eigenvalue weighted by atomic mass is 10.1. The van der Waals surface area contributed by atoms with E-state index in [1.807, 2.05) is 0 Å². The molecule has 2 heterocycles. The average molecular weight is 247 g/mol. The maximum absolute atomic E-state index is 12.9. The maximum atomic E-state index is 12.9. The Bertz CT molecular complexity index is 681. The Balaban J connectivity index is 2.82. The quantitative estimate of drug-likeness (QED) is 0.267. The van der Waals surface area contributed by atoms with E-state index in [-0.39, 0.29) is 22.3 Å². The fourth-order valence-electron chi connectivity index (χ4n) is 1.45. The molecule has 0 N–H and O–H groups in total. The highest BCUT2D eigenvalue weighted by atomic mass is 19.1. The second-order valence-corrected chi connectivity index (χ2v) is 3.21. The summed E-state index contributed by atoms with van der Waals surface area (Å²) in [5.41, 5.74) is 8.56. The lowest BCUT2D eigenvalue weighted by Gasteiger charge is -2.05. The van der Waals surface area contributed by atoms with Gasteiger partial charge in [0.05, 0.1) is 18.4 Å². The number of hydrogen-bond acceptors (Lipinski definition) is 5. The van der Waals surface area contributed by atoms with E-state index in [4.69, 9.17) is 5.53 Å². The Morgan fingerprint density at radius 1 is 1.56 bits per heavy atom. The highest BCUT2D eigenvalue weighted by Gasteiger charge is 2.15. The summed E-state index contributed by atoms with van der Waals surface area (Å²) >= 11 is 0. The molecule has 0 aromatic carbocycles. The number of carbonyl (C=O) groups is 1. The van der Waals surface area contributed by atoms with Crippen LogP contribution in [0.25, 0.3) is 21.5 Å². The third-order valence-corrected chi connectivity index (χ3v) is 2.22. The Kier molecular flexibility index (Phi) is 3.03. The number of rotatable bonds is 2. The minimum Gasteiger partial charge on any atom is -0.465 e. The van der Waals surface area contributed by atoms with Gasteiger partial charge in [0.2, 0.25) is 5.95 Å². The first-order valence-electron chi connectivity index (χ1n) is 4.76. The second-order valence-electron chi connectivity index (χ2n) is 3.21. The molecule has 0 radical (unpaired) electrons. The third kappa shape index (κ3) is 1.92. The molecule has 2 rings (SSSR count). The van der Waals surface area contributed by atoms with Gasteiger partial charge in [-0.1, -0.05) is 5.11 Å². The molecule has 0 aliphatic heterocycles. The van der Waals surface area contributed by atoms with E-state index in [1.165, 1.54) is 13.2 Å². The summed E-state index contributed by atoms with van der Waals surface area (Å²) < 4.78 is 17.5. The van der Waals surface area contributed by atoms with Gasteiger partial charge in [-0.3, -0.25) is 0 Å². The number of ether oxygens (including phenoxy) is 1. The Hall–Kier alpha value is -2.73. The molecule has 18 heavy (non-hydrogen) atoms. The van der Waals surface area contributed by atoms with Gasteiger partial charge in [-0.05, 0) is 17.7 Å². The lowest BCUT2D eigenvalue weighted by molar-refractivity contribution is 0.0601. The summed E-state index contributed by atoms with van der Waals surface area (Å²) in [6, 6.07) is 2.42. The van der Waals surface area contributed by atoms with Crippen LogP contribution in [0.5, 0.6) is 0 Å². The van der Waals surface area contributed by atoms with E-state index in [0.717, 1.165) is 12.3 Å². The van der Waals surface area contributed by atoms with Crippen LogP contribution >= 0.6 is 0 Å². The van der Waals surface area contributed by atoms with E-state index in [2.05, 4.69) is 24.7 Å². The normalized spacial score (nSPS) is 9.89. The predicted molar refractivity (Wildman–Crippen MR) is 59.6 cm³/mol. The molecular weight excluding hydrogens is 241 g/mol. The van der Waals surface area contributed by atoms with Crippen molar-refractivity contribution in [1.82, 2.24) is 9.97 Å². The van der Waals surface area contributed by atoms with Crippen LogP contribution in [0.15, 0.2) is 23.4 Å². The molecule has 8 heteroatoms. The van der Waals surface area contributed by atoms with Crippen molar-refractivity contribution in [3.8, 4) is 0 Å². The van der Waals surface area contributed by atoms with Crippen LogP contribution in [-0.2, 0) is 4.74 Å². The van der Waals surface area contributed by atoms with Crippen molar-refractivity contribution < 1.29 is 13.9 Å². The summed E-state index contributed by atoms with van der Waals surface area (Å²) in [7, 11) is 1.19. The summed E-state index contributed by atoms with van der Waals surface area (Å²) in [6.45, 7) is 0. The number of azide groups is 1. The zero-order valence-electron chi connectivity index (χ0n) is 9.16. The van der Waals surface area contributed by atoms with Gasteiger partial charge in [-0.25, -0.2) is 9.78 Å². The topological polar surface area (TPSA) is 101 Å². The molecule has 0 spiro atoms. The first-order valence-corrected chi connectivity index (χ1v) is 4.76. The molecule has 0 fully saturated rings. The van der Waals surface area contributed by atoms with Gasteiger partial charge >= 0.3 is 5.97 Å². The number of halogens is 1. The van der Waals surface area contributed by atoms with Gasteiger partial charge in [0, 0.05) is 16.5 Å². The van der Waals surface area contributed by atoms with E-state index in [1.54, 1.807) is 0 Å². The van der Waals surface area contributed by atoms with Crippen LogP contribution in [0, 0.1) is 5.95 Å². The summed E-state index contributed by atoms with van der Waals surface area (Å²) in [6.07, 6.45) is 1.13. The van der Waals surface area contributed by atoms with Gasteiger partial charge < -0.3 is 4.74 Å². The van der Waals surface area contributed by atoms with Crippen molar-refractivity contribution in [2.24, 2.45) is 5.11 Å². The van der Waals surface area contributed by atoms with Crippen molar-refractivity contribution in [2.45, 2.75) is 0 Å². The molecule has 7 nitrogen and oxygen atoms in total. The molecule has 90 valence electrons. The van der Waals surface area contributed by atoms with Crippen LogP contribution in [0.4, 0.5) is 10.1 Å². The molecule has 2 aromatic heterocycles. The number of carbonyl (C=O) groups excluding carboxylic acids is 1. The number of hydrogen-bond donors (Lipinski definition) is 0. The van der Waals surface area contributed by atoms with Crippen molar-refractivity contribution in [2.75, 3.05) is 7.11 Å². The Morgan fingerprint density at radius 3 is 3.00 bits per heavy atom. The van der Waals surface area contributed by atoms with Crippen LogP contribution in [0.1, 0.15) is 10.4 Å². The number of aromatic nitrogens is 2. The fraction of sp³-hybridized carbons (Fsp3) is 0.100. The molecule has 0 saturated carbocycles. The van der Waals surface area contributed by atoms with Crippen molar-refractivity contribution in [1.29, 1.82) is 0 Å². The predicted octanol–water partition coefficient (Wildman–Crippen LogP) is 2.50. The number of methoxy groups -OCH3 is 1. The highest BCUT2D eigenvalue weighted by Crippen LogP contribution is 2.28. The molecule has 0 bridgehead atoms. The van der Waals surface area contributed by atoms with Gasteiger partial charge in [0.1, 0.15) is 0 Å². The second kappa shape index (κ2) is 4.64. The fourth-order valence-corrected chi connectivity index (χ4v) is 1.45. The third-order valence-electron chi connectivity index (χ3n) is 2.22. The van der Waals surface area contributed by atoms with Crippen LogP contribution in [-0.4, -0.2) is 23.0 Å². The van der Waals surface area contributed by atoms with Crippen molar-refractivity contribution in [3.05, 3.63) is 40.3 Å². The smallest absolute Gasteiger partial charge is 0.339 e. The molecular formula is C10H6FN5O2. The number of fused-ring (bicyclic) bond motifs is 1. The maximum Gasteiger partial charge on any atom is 0.339 e. The summed E-state index contributed by atoms with van der Waals surface area (Å²) in [4.78, 5) is 21.5. The lowest BCUT2D eigenvalue weighted by Crippen LogP contribution is -2.03. The first kappa shape index (κ1) is 11.7. The van der Waals surface area contributed by atoms with Crippen LogP contribution in [0.3, 0.4) is 0 Å². The number of nitrogens with zero attached hydrogens (tertiary/aromatic N) is 5. The molecule has 0 saturated heterocycles. The first-order chi connectivity index (χ1) is 8.67. The van der Waals surface area contributed by atoms with Gasteiger partial charge in [-0.15, -0.1) is 0 Å². The molecule has 0 aliphatic rings. The molecule has 0 unspecified atom stereocenters. The Morgan fingerprint density at radius 2 is 2.33 bits per heavy atom. The van der Waals surface area contributed by atoms with E-state index in [9.17, 15) is 9.18 Å². The summed E-state index contributed by atoms with van der Waals surface area (Å²) in [5, 5.41) is 3.69. The molecule has 0 amide bonds. The monoisotopic (exact) mass is 247 g/mol. The van der Waals surface area contributed by atoms with E-state index < -0.39 is 11.9 Å². The van der Waals surface area contributed by atoms with Gasteiger partial charge in [0.25, 0.3) is 0 Å². The molecule has 0 atom stereocenters. The molecule has 0 aliphatic carbocycles. The molecule has 2 aromatic rings.